The first-order valence-electron chi connectivity index (χ1n) is 9.69. The Morgan fingerprint density at radius 3 is 2.64 bits per heavy atom. The van der Waals surface area contributed by atoms with Gasteiger partial charge in [-0.05, 0) is 38.0 Å². The minimum Gasteiger partial charge on any atom is -0.496 e. The van der Waals surface area contributed by atoms with E-state index in [0.29, 0.717) is 6.01 Å². The van der Waals surface area contributed by atoms with Crippen molar-refractivity contribution in [1.82, 2.24) is 10.3 Å². The van der Waals surface area contributed by atoms with Crippen molar-refractivity contribution in [3.8, 4) is 5.75 Å². The summed E-state index contributed by atoms with van der Waals surface area (Å²) in [6, 6.07) is 16.1. The summed E-state index contributed by atoms with van der Waals surface area (Å²) in [5.41, 5.74) is 2.65. The van der Waals surface area contributed by atoms with E-state index in [1.54, 1.807) is 7.11 Å². The predicted molar refractivity (Wildman–Crippen MR) is 108 cm³/mol. The number of para-hydroxylation sites is 3. The van der Waals surface area contributed by atoms with Crippen LogP contribution in [0.15, 0.2) is 52.9 Å². The minimum absolute atomic E-state index is 0.00205. The maximum atomic E-state index is 12.8. The zero-order chi connectivity index (χ0) is 19.5. The van der Waals surface area contributed by atoms with Crippen molar-refractivity contribution in [2.45, 2.75) is 25.8 Å². The first kappa shape index (κ1) is 18.3. The molecule has 6 heteroatoms. The lowest BCUT2D eigenvalue weighted by Gasteiger charge is -2.31. The van der Waals surface area contributed by atoms with Crippen LogP contribution >= 0.6 is 0 Å². The summed E-state index contributed by atoms with van der Waals surface area (Å²) in [6.45, 7) is 3.51. The summed E-state index contributed by atoms with van der Waals surface area (Å²) in [4.78, 5) is 19.4. The van der Waals surface area contributed by atoms with Crippen molar-refractivity contribution in [1.29, 1.82) is 0 Å². The molecular weight excluding hydrogens is 354 g/mol. The topological polar surface area (TPSA) is 67.6 Å². The van der Waals surface area contributed by atoms with Gasteiger partial charge in [0.15, 0.2) is 5.58 Å². The molecule has 0 aliphatic carbocycles. The number of amides is 1. The van der Waals surface area contributed by atoms with E-state index in [9.17, 15) is 4.79 Å². The molecule has 6 nitrogen and oxygen atoms in total. The van der Waals surface area contributed by atoms with Crippen molar-refractivity contribution in [2.75, 3.05) is 25.1 Å². The number of benzene rings is 2. The number of nitrogens with zero attached hydrogens (tertiary/aromatic N) is 2. The van der Waals surface area contributed by atoms with E-state index in [-0.39, 0.29) is 17.9 Å². The largest absolute Gasteiger partial charge is 0.496 e. The van der Waals surface area contributed by atoms with Crippen molar-refractivity contribution >= 4 is 23.0 Å². The van der Waals surface area contributed by atoms with Crippen molar-refractivity contribution < 1.29 is 13.9 Å². The van der Waals surface area contributed by atoms with Gasteiger partial charge in [-0.1, -0.05) is 30.3 Å². The molecule has 1 aliphatic rings. The SMILES string of the molecule is COc1ccccc1C(C)NC(=O)C1CCN(c2nc3ccccc3o2)CC1. The monoisotopic (exact) mass is 379 g/mol. The van der Waals surface area contributed by atoms with E-state index in [0.717, 1.165) is 48.3 Å². The fourth-order valence-electron chi connectivity index (χ4n) is 3.76. The standard InChI is InChI=1S/C22H25N3O3/c1-15(17-7-3-5-9-19(17)27-2)23-21(26)16-11-13-25(14-12-16)22-24-18-8-4-6-10-20(18)28-22/h3-10,15-16H,11-14H2,1-2H3,(H,23,26). The van der Waals surface area contributed by atoms with Gasteiger partial charge in [-0.25, -0.2) is 0 Å². The molecule has 146 valence electrons. The normalized spacial score (nSPS) is 16.1. The van der Waals surface area contributed by atoms with Crippen LogP contribution in [0, 0.1) is 5.92 Å². The molecule has 1 unspecified atom stereocenters. The molecule has 0 bridgehead atoms. The Kier molecular flexibility index (Phi) is 5.19. The van der Waals surface area contributed by atoms with Crippen molar-refractivity contribution in [2.24, 2.45) is 5.92 Å². The Morgan fingerprint density at radius 1 is 1.18 bits per heavy atom. The number of fused-ring (bicyclic) bond motifs is 1. The summed E-state index contributed by atoms with van der Waals surface area (Å²) in [7, 11) is 1.65. The van der Waals surface area contributed by atoms with E-state index in [2.05, 4.69) is 15.2 Å². The first-order chi connectivity index (χ1) is 13.7. The molecule has 1 N–H and O–H groups in total. The molecule has 3 aromatic rings. The Hall–Kier alpha value is -3.02. The molecule has 1 atom stereocenters. The smallest absolute Gasteiger partial charge is 0.298 e. The van der Waals surface area contributed by atoms with Gasteiger partial charge in [-0.3, -0.25) is 4.79 Å². The van der Waals surface area contributed by atoms with Crippen molar-refractivity contribution in [3.05, 3.63) is 54.1 Å². The lowest BCUT2D eigenvalue weighted by atomic mass is 9.95. The number of hydrogen-bond acceptors (Lipinski definition) is 5. The third-order valence-corrected chi connectivity index (χ3v) is 5.38. The highest BCUT2D eigenvalue weighted by Gasteiger charge is 2.28. The Morgan fingerprint density at radius 2 is 1.89 bits per heavy atom. The van der Waals surface area contributed by atoms with Crippen LogP contribution in [-0.2, 0) is 4.79 Å². The van der Waals surface area contributed by atoms with Crippen LogP contribution < -0.4 is 15.0 Å². The maximum Gasteiger partial charge on any atom is 0.298 e. The lowest BCUT2D eigenvalue weighted by Crippen LogP contribution is -2.41. The molecule has 1 fully saturated rings. The van der Waals surface area contributed by atoms with Gasteiger partial charge in [0.25, 0.3) is 6.01 Å². The number of nitrogens with one attached hydrogen (secondary N) is 1. The van der Waals surface area contributed by atoms with Gasteiger partial charge >= 0.3 is 0 Å². The fourth-order valence-corrected chi connectivity index (χ4v) is 3.76. The van der Waals surface area contributed by atoms with Crippen LogP contribution in [0.5, 0.6) is 5.75 Å². The predicted octanol–water partition coefficient (Wildman–Crippen LogP) is 3.93. The van der Waals surface area contributed by atoms with Gasteiger partial charge in [0.05, 0.1) is 13.2 Å². The zero-order valence-electron chi connectivity index (χ0n) is 16.2. The third-order valence-electron chi connectivity index (χ3n) is 5.38. The average Bonchev–Trinajstić information content (AvgIpc) is 3.18. The van der Waals surface area contributed by atoms with Crippen LogP contribution in [0.1, 0.15) is 31.4 Å². The lowest BCUT2D eigenvalue weighted by molar-refractivity contribution is -0.126. The molecule has 0 radical (unpaired) electrons. The van der Waals surface area contributed by atoms with Gasteiger partial charge < -0.3 is 19.4 Å². The number of carbonyl (C=O) groups is 1. The number of hydrogen-bond donors (Lipinski definition) is 1. The number of piperidine rings is 1. The summed E-state index contributed by atoms with van der Waals surface area (Å²) >= 11 is 0. The number of oxazole rings is 1. The van der Waals surface area contributed by atoms with E-state index >= 15 is 0 Å². The van der Waals surface area contributed by atoms with Crippen LogP contribution in [-0.4, -0.2) is 31.1 Å². The molecule has 1 saturated heterocycles. The van der Waals surface area contributed by atoms with Gasteiger partial charge in [0.2, 0.25) is 5.91 Å². The molecule has 1 amide bonds. The average molecular weight is 379 g/mol. The van der Waals surface area contributed by atoms with Gasteiger partial charge in [-0.15, -0.1) is 0 Å². The Labute approximate surface area is 164 Å². The second kappa shape index (κ2) is 7.92. The fraction of sp³-hybridized carbons (Fsp3) is 0.364. The van der Waals surface area contributed by atoms with Crippen LogP contribution in [0.4, 0.5) is 6.01 Å². The molecule has 2 heterocycles. The quantitative estimate of drug-likeness (QED) is 0.727. The molecule has 4 rings (SSSR count). The Balaban J connectivity index is 1.36. The Bertz CT molecular complexity index is 927. The minimum atomic E-state index is -0.0984. The summed E-state index contributed by atoms with van der Waals surface area (Å²) in [6.07, 6.45) is 1.56. The molecule has 0 spiro atoms. The molecular formula is C22H25N3O3. The van der Waals surface area contributed by atoms with Crippen LogP contribution in [0.3, 0.4) is 0 Å². The number of aromatic nitrogens is 1. The molecule has 28 heavy (non-hydrogen) atoms. The third kappa shape index (κ3) is 3.67. The zero-order valence-corrected chi connectivity index (χ0v) is 16.2. The highest BCUT2D eigenvalue weighted by atomic mass is 16.5. The summed E-state index contributed by atoms with van der Waals surface area (Å²) in [5, 5.41) is 3.14. The van der Waals surface area contributed by atoms with Gasteiger partial charge in [0, 0.05) is 24.6 Å². The van der Waals surface area contributed by atoms with Gasteiger partial charge in [-0.2, -0.15) is 4.98 Å². The number of anilines is 1. The van der Waals surface area contributed by atoms with E-state index < -0.39 is 0 Å². The number of rotatable bonds is 5. The van der Waals surface area contributed by atoms with Crippen LogP contribution in [0.2, 0.25) is 0 Å². The second-order valence-electron chi connectivity index (χ2n) is 7.20. The summed E-state index contributed by atoms with van der Waals surface area (Å²) in [5.74, 6) is 0.884. The van der Waals surface area contributed by atoms with E-state index in [1.165, 1.54) is 0 Å². The number of carbonyl (C=O) groups excluding carboxylic acids is 1. The molecule has 1 aliphatic heterocycles. The first-order valence-corrected chi connectivity index (χ1v) is 9.69. The highest BCUT2D eigenvalue weighted by molar-refractivity contribution is 5.79. The van der Waals surface area contributed by atoms with E-state index in [4.69, 9.17) is 9.15 Å². The summed E-state index contributed by atoms with van der Waals surface area (Å²) < 4.78 is 11.3. The van der Waals surface area contributed by atoms with Gasteiger partial charge in [0.1, 0.15) is 11.3 Å². The second-order valence-corrected chi connectivity index (χ2v) is 7.20. The molecule has 0 saturated carbocycles. The number of ether oxygens (including phenoxy) is 1. The maximum absolute atomic E-state index is 12.8. The molecule has 1 aromatic heterocycles. The molecule has 2 aromatic carbocycles. The van der Waals surface area contributed by atoms with Crippen molar-refractivity contribution in [3.63, 3.8) is 0 Å². The number of methoxy groups -OCH3 is 1. The highest BCUT2D eigenvalue weighted by Crippen LogP contribution is 2.28. The van der Waals surface area contributed by atoms with E-state index in [1.807, 2.05) is 55.5 Å². The van der Waals surface area contributed by atoms with Crippen LogP contribution in [0.25, 0.3) is 11.1 Å².